The first-order chi connectivity index (χ1) is 14.2. The quantitative estimate of drug-likeness (QED) is 0.425. The summed E-state index contributed by atoms with van der Waals surface area (Å²) >= 11 is 6.94. The van der Waals surface area contributed by atoms with Crippen LogP contribution < -0.4 is 4.74 Å². The Morgan fingerprint density at radius 3 is 2.45 bits per heavy atom. The van der Waals surface area contributed by atoms with Crippen molar-refractivity contribution in [3.05, 3.63) is 47.1 Å². The lowest BCUT2D eigenvalue weighted by molar-refractivity contribution is -0.123. The second-order valence-electron chi connectivity index (χ2n) is 7.48. The van der Waals surface area contributed by atoms with Crippen LogP contribution in [0.2, 0.25) is 0 Å². The monoisotopic (exact) mass is 427 g/mol. The minimum absolute atomic E-state index is 0.0213. The molecule has 2 heterocycles. The highest BCUT2D eigenvalue weighted by molar-refractivity contribution is 8.26. The molecule has 0 radical (unpaired) electrons. The molecule has 1 aliphatic carbocycles. The Balaban J connectivity index is 1.50. The Labute approximate surface area is 181 Å². The molecule has 29 heavy (non-hydrogen) atoms. The molecule has 1 saturated heterocycles. The second-order valence-corrected chi connectivity index (χ2v) is 9.16. The number of methoxy groups -OCH3 is 1. The van der Waals surface area contributed by atoms with Gasteiger partial charge in [0.1, 0.15) is 21.6 Å². The molecule has 0 atom stereocenters. The summed E-state index contributed by atoms with van der Waals surface area (Å²) < 4.78 is 11.8. The van der Waals surface area contributed by atoms with Gasteiger partial charge < -0.3 is 9.15 Å². The van der Waals surface area contributed by atoms with Crippen LogP contribution in [0.5, 0.6) is 5.75 Å². The Hall–Kier alpha value is -2.05. The van der Waals surface area contributed by atoms with Gasteiger partial charge in [-0.15, -0.1) is 0 Å². The summed E-state index contributed by atoms with van der Waals surface area (Å²) in [5.41, 5.74) is 0.965. The van der Waals surface area contributed by atoms with Gasteiger partial charge in [0.25, 0.3) is 5.91 Å². The Kier molecular flexibility index (Phi) is 6.40. The average Bonchev–Trinajstić information content (AvgIpc) is 3.27. The third kappa shape index (κ3) is 4.59. The first kappa shape index (κ1) is 20.2. The van der Waals surface area contributed by atoms with Crippen molar-refractivity contribution in [3.8, 4) is 17.1 Å². The van der Waals surface area contributed by atoms with Crippen molar-refractivity contribution in [3.63, 3.8) is 0 Å². The number of carbonyl (C=O) groups excluding carboxylic acids is 1. The maximum atomic E-state index is 13.1. The van der Waals surface area contributed by atoms with Crippen LogP contribution in [0.3, 0.4) is 0 Å². The van der Waals surface area contributed by atoms with Gasteiger partial charge in [-0.2, -0.15) is 0 Å². The highest BCUT2D eigenvalue weighted by Crippen LogP contribution is 2.37. The Morgan fingerprint density at radius 1 is 1.07 bits per heavy atom. The lowest BCUT2D eigenvalue weighted by Crippen LogP contribution is -2.39. The zero-order chi connectivity index (χ0) is 20.2. The molecule has 2 fully saturated rings. The van der Waals surface area contributed by atoms with Gasteiger partial charge in [-0.1, -0.05) is 56.1 Å². The van der Waals surface area contributed by atoms with Crippen LogP contribution >= 0.6 is 24.0 Å². The number of ether oxygens (including phenoxy) is 1. The molecule has 0 bridgehead atoms. The summed E-state index contributed by atoms with van der Waals surface area (Å²) in [4.78, 5) is 15.6. The van der Waals surface area contributed by atoms with Crippen molar-refractivity contribution in [1.29, 1.82) is 0 Å². The van der Waals surface area contributed by atoms with Gasteiger partial charge in [0, 0.05) is 17.7 Å². The van der Waals surface area contributed by atoms with E-state index in [9.17, 15) is 4.79 Å². The van der Waals surface area contributed by atoms with Gasteiger partial charge in [-0.3, -0.25) is 9.69 Å². The van der Waals surface area contributed by atoms with Crippen molar-refractivity contribution < 1.29 is 13.9 Å². The summed E-state index contributed by atoms with van der Waals surface area (Å²) in [6, 6.07) is 11.8. The van der Waals surface area contributed by atoms with Crippen molar-refractivity contribution in [1.82, 2.24) is 4.90 Å². The highest BCUT2D eigenvalue weighted by atomic mass is 32.2. The van der Waals surface area contributed by atoms with Crippen LogP contribution in [0.1, 0.15) is 50.7 Å². The minimum atomic E-state index is 0.0213. The standard InChI is InChI=1S/C23H25NO3S2/c1-26-18-11-9-16(10-12-18)20-14-13-19(27-20)15-21-22(25)24(23(28)29-21)17-7-5-3-2-4-6-8-17/h9-15,17H,2-8H2,1H3. The molecule has 0 N–H and O–H groups in total. The van der Waals surface area contributed by atoms with Gasteiger partial charge in [-0.25, -0.2) is 0 Å². The van der Waals surface area contributed by atoms with Crippen LogP contribution in [-0.2, 0) is 4.79 Å². The number of carbonyl (C=O) groups is 1. The minimum Gasteiger partial charge on any atom is -0.497 e. The normalized spacial score (nSPS) is 20.2. The largest absolute Gasteiger partial charge is 0.497 e. The molecular formula is C23H25NO3S2. The molecule has 6 heteroatoms. The fraction of sp³-hybridized carbons (Fsp3) is 0.391. The van der Waals surface area contributed by atoms with E-state index >= 15 is 0 Å². The molecule has 2 aromatic rings. The third-order valence-electron chi connectivity index (χ3n) is 5.54. The van der Waals surface area contributed by atoms with Crippen molar-refractivity contribution in [2.24, 2.45) is 0 Å². The Morgan fingerprint density at radius 2 is 1.76 bits per heavy atom. The van der Waals surface area contributed by atoms with Gasteiger partial charge in [0.15, 0.2) is 0 Å². The zero-order valence-electron chi connectivity index (χ0n) is 16.6. The van der Waals surface area contributed by atoms with Crippen LogP contribution in [0.25, 0.3) is 17.4 Å². The molecular weight excluding hydrogens is 402 g/mol. The summed E-state index contributed by atoms with van der Waals surface area (Å²) in [5.74, 6) is 2.25. The van der Waals surface area contributed by atoms with E-state index < -0.39 is 0 Å². The molecule has 1 saturated carbocycles. The van der Waals surface area contributed by atoms with Crippen molar-refractivity contribution in [2.75, 3.05) is 7.11 Å². The van der Waals surface area contributed by atoms with Crippen molar-refractivity contribution in [2.45, 2.75) is 51.0 Å². The van der Waals surface area contributed by atoms with Gasteiger partial charge >= 0.3 is 0 Å². The number of thiocarbonyl (C=S) groups is 1. The van der Waals surface area contributed by atoms with Gasteiger partial charge in [0.2, 0.25) is 0 Å². The van der Waals surface area contributed by atoms with E-state index in [-0.39, 0.29) is 11.9 Å². The van der Waals surface area contributed by atoms with E-state index in [1.165, 1.54) is 43.9 Å². The number of hydrogen-bond acceptors (Lipinski definition) is 5. The molecule has 2 aliphatic rings. The lowest BCUT2D eigenvalue weighted by atomic mass is 9.96. The summed E-state index contributed by atoms with van der Waals surface area (Å²) in [6.45, 7) is 0. The zero-order valence-corrected chi connectivity index (χ0v) is 18.2. The second kappa shape index (κ2) is 9.18. The first-order valence-electron chi connectivity index (χ1n) is 10.2. The fourth-order valence-electron chi connectivity index (χ4n) is 3.96. The lowest BCUT2D eigenvalue weighted by Gasteiger charge is -2.28. The van der Waals surface area contributed by atoms with Crippen LogP contribution in [0, 0.1) is 0 Å². The van der Waals surface area contributed by atoms with Gasteiger partial charge in [-0.05, 0) is 49.2 Å². The average molecular weight is 428 g/mol. The van der Waals surface area contributed by atoms with Crippen LogP contribution in [0.15, 0.2) is 45.7 Å². The first-order valence-corrected chi connectivity index (χ1v) is 11.4. The van der Waals surface area contributed by atoms with Crippen molar-refractivity contribution >= 4 is 40.3 Å². The predicted molar refractivity (Wildman–Crippen MR) is 122 cm³/mol. The maximum Gasteiger partial charge on any atom is 0.266 e. The number of furan rings is 1. The molecule has 1 aliphatic heterocycles. The van der Waals surface area contributed by atoms with Crippen LogP contribution in [-0.4, -0.2) is 28.3 Å². The van der Waals surface area contributed by atoms with E-state index in [1.54, 1.807) is 7.11 Å². The summed E-state index contributed by atoms with van der Waals surface area (Å²) in [7, 11) is 1.65. The molecule has 152 valence electrons. The highest BCUT2D eigenvalue weighted by Gasteiger charge is 2.37. The number of rotatable bonds is 4. The smallest absolute Gasteiger partial charge is 0.266 e. The molecule has 4 nitrogen and oxygen atoms in total. The molecule has 1 aromatic carbocycles. The summed E-state index contributed by atoms with van der Waals surface area (Å²) in [6.07, 6.45) is 10.1. The van der Waals surface area contributed by atoms with E-state index in [0.717, 1.165) is 29.9 Å². The third-order valence-corrected chi connectivity index (χ3v) is 6.87. The van der Waals surface area contributed by atoms with Gasteiger partial charge in [0.05, 0.1) is 12.0 Å². The molecule has 0 unspecified atom stereocenters. The molecule has 1 aromatic heterocycles. The molecule has 4 rings (SSSR count). The SMILES string of the molecule is COc1ccc(-c2ccc(C=C3SC(=S)N(C4CCCCCCC4)C3=O)o2)cc1. The number of amides is 1. The number of hydrogen-bond donors (Lipinski definition) is 0. The number of nitrogens with zero attached hydrogens (tertiary/aromatic N) is 1. The van der Waals surface area contributed by atoms with Crippen LogP contribution in [0.4, 0.5) is 0 Å². The van der Waals surface area contributed by atoms with E-state index in [0.29, 0.717) is 15.0 Å². The van der Waals surface area contributed by atoms with E-state index in [2.05, 4.69) is 0 Å². The summed E-state index contributed by atoms with van der Waals surface area (Å²) in [5, 5.41) is 0. The van der Waals surface area contributed by atoms with E-state index in [4.69, 9.17) is 21.4 Å². The molecule has 0 spiro atoms. The topological polar surface area (TPSA) is 42.7 Å². The maximum absolute atomic E-state index is 13.1. The van der Waals surface area contributed by atoms with E-state index in [1.807, 2.05) is 47.4 Å². The Bertz CT molecular complexity index is 908. The number of thioether (sulfide) groups is 1. The molecule has 1 amide bonds. The number of benzene rings is 1. The predicted octanol–water partition coefficient (Wildman–Crippen LogP) is 6.27. The fourth-order valence-corrected chi connectivity index (χ4v) is 5.34.